The first-order valence-electron chi connectivity index (χ1n) is 6.85. The van der Waals surface area contributed by atoms with Gasteiger partial charge in [-0.15, -0.1) is 0 Å². The molecule has 0 saturated carbocycles. The Morgan fingerprint density at radius 1 is 1.20 bits per heavy atom. The van der Waals surface area contributed by atoms with Gasteiger partial charge in [-0.05, 0) is 35.4 Å². The Labute approximate surface area is 152 Å². The topological polar surface area (TPSA) is 55.2 Å². The Balaban J connectivity index is 2.29. The molecule has 132 valence electrons. The zero-order chi connectivity index (χ0) is 18.5. The molecule has 2 unspecified atom stereocenters. The Kier molecular flexibility index (Phi) is 4.50. The molecule has 2 atom stereocenters. The second-order valence-electron chi connectivity index (χ2n) is 5.43. The van der Waals surface area contributed by atoms with Crippen molar-refractivity contribution >= 4 is 33.2 Å². The molecule has 0 aromatic heterocycles. The van der Waals surface area contributed by atoms with E-state index in [9.17, 15) is 27.7 Å². The molecule has 1 aliphatic heterocycles. The summed E-state index contributed by atoms with van der Waals surface area (Å²) < 4.78 is 54.0. The third-order valence-electron chi connectivity index (χ3n) is 3.88. The smallest absolute Gasteiger partial charge is 0.291 e. The molecule has 0 radical (unpaired) electrons. The molecular formula is C15H8BrClF4N2O2. The Bertz CT molecular complexity index is 875. The van der Waals surface area contributed by atoms with E-state index in [1.54, 1.807) is 0 Å². The van der Waals surface area contributed by atoms with Gasteiger partial charge in [0.05, 0.1) is 16.5 Å². The molecule has 0 bridgehead atoms. The fourth-order valence-electron chi connectivity index (χ4n) is 2.92. The van der Waals surface area contributed by atoms with Crippen LogP contribution in [0.3, 0.4) is 0 Å². The van der Waals surface area contributed by atoms with Crippen LogP contribution in [0, 0.1) is 15.9 Å². The van der Waals surface area contributed by atoms with Gasteiger partial charge >= 0.3 is 6.18 Å². The highest BCUT2D eigenvalue weighted by Gasteiger charge is 2.50. The highest BCUT2D eigenvalue weighted by atomic mass is 79.9. The molecule has 10 heteroatoms. The van der Waals surface area contributed by atoms with Crippen LogP contribution in [0.15, 0.2) is 34.8 Å². The summed E-state index contributed by atoms with van der Waals surface area (Å²) in [4.78, 5) is 10.6. The predicted octanol–water partition coefficient (Wildman–Crippen LogP) is 5.45. The number of hydrogen-bond acceptors (Lipinski definition) is 3. The number of hydrogen-bond donors (Lipinski definition) is 1. The minimum atomic E-state index is -4.70. The van der Waals surface area contributed by atoms with Gasteiger partial charge in [-0.2, -0.15) is 13.2 Å². The van der Waals surface area contributed by atoms with Crippen LogP contribution < -0.4 is 5.32 Å². The second-order valence-corrected chi connectivity index (χ2v) is 6.75. The van der Waals surface area contributed by atoms with Gasteiger partial charge in [0.15, 0.2) is 0 Å². The first kappa shape index (κ1) is 18.1. The Morgan fingerprint density at radius 3 is 2.48 bits per heavy atom. The first-order chi connectivity index (χ1) is 11.6. The van der Waals surface area contributed by atoms with E-state index < -0.39 is 34.7 Å². The van der Waals surface area contributed by atoms with E-state index in [4.69, 9.17) is 11.6 Å². The van der Waals surface area contributed by atoms with E-state index in [1.165, 1.54) is 12.1 Å². The van der Waals surface area contributed by atoms with Crippen molar-refractivity contribution in [2.45, 2.75) is 18.3 Å². The molecule has 0 aliphatic carbocycles. The van der Waals surface area contributed by atoms with E-state index in [0.29, 0.717) is 0 Å². The summed E-state index contributed by atoms with van der Waals surface area (Å²) in [6.45, 7) is 0. The van der Waals surface area contributed by atoms with Crippen molar-refractivity contribution in [1.82, 2.24) is 5.32 Å². The van der Waals surface area contributed by atoms with Crippen molar-refractivity contribution in [3.63, 3.8) is 0 Å². The molecule has 1 heterocycles. The lowest BCUT2D eigenvalue weighted by Crippen LogP contribution is -2.31. The maximum atomic E-state index is 13.6. The fourth-order valence-corrected chi connectivity index (χ4v) is 3.61. The van der Waals surface area contributed by atoms with Crippen molar-refractivity contribution in [3.05, 3.63) is 72.4 Å². The van der Waals surface area contributed by atoms with Crippen molar-refractivity contribution in [1.29, 1.82) is 0 Å². The fraction of sp³-hybridized carbons (Fsp3) is 0.200. The molecule has 25 heavy (non-hydrogen) atoms. The van der Waals surface area contributed by atoms with E-state index in [2.05, 4.69) is 21.2 Å². The summed E-state index contributed by atoms with van der Waals surface area (Å²) >= 11 is 9.00. The first-order valence-corrected chi connectivity index (χ1v) is 8.02. The highest BCUT2D eigenvalue weighted by molar-refractivity contribution is 9.10. The van der Waals surface area contributed by atoms with Crippen molar-refractivity contribution in [2.75, 3.05) is 0 Å². The molecule has 2 aromatic rings. The summed E-state index contributed by atoms with van der Waals surface area (Å²) in [5, 5.41) is 13.7. The van der Waals surface area contributed by atoms with Crippen LogP contribution >= 0.6 is 27.5 Å². The molecule has 0 amide bonds. The van der Waals surface area contributed by atoms with E-state index in [1.807, 2.05) is 0 Å². The van der Waals surface area contributed by atoms with Crippen LogP contribution in [0.5, 0.6) is 0 Å². The molecule has 1 aliphatic rings. The molecular weight excluding hydrogens is 432 g/mol. The van der Waals surface area contributed by atoms with Crippen molar-refractivity contribution < 1.29 is 22.5 Å². The average Bonchev–Trinajstić information content (AvgIpc) is 2.88. The largest absolute Gasteiger partial charge is 0.407 e. The molecule has 0 saturated heterocycles. The summed E-state index contributed by atoms with van der Waals surface area (Å²) in [5.74, 6) is -0.710. The zero-order valence-corrected chi connectivity index (χ0v) is 14.4. The minimum absolute atomic E-state index is 0.0000825. The van der Waals surface area contributed by atoms with Gasteiger partial charge in [-0.1, -0.05) is 27.5 Å². The normalized spacial score (nSPS) is 19.8. The molecule has 3 rings (SSSR count). The highest BCUT2D eigenvalue weighted by Crippen LogP contribution is 2.50. The lowest BCUT2D eigenvalue weighted by molar-refractivity contribution is -0.385. The van der Waals surface area contributed by atoms with Crippen LogP contribution in [-0.4, -0.2) is 11.1 Å². The summed E-state index contributed by atoms with van der Waals surface area (Å²) in [7, 11) is 0. The summed E-state index contributed by atoms with van der Waals surface area (Å²) in [6, 6.07) is 2.09. The van der Waals surface area contributed by atoms with Crippen molar-refractivity contribution in [3.8, 4) is 0 Å². The van der Waals surface area contributed by atoms with Gasteiger partial charge in [-0.3, -0.25) is 15.4 Å². The number of nitro groups is 1. The van der Waals surface area contributed by atoms with E-state index >= 15 is 0 Å². The maximum absolute atomic E-state index is 13.6. The van der Waals surface area contributed by atoms with Crippen molar-refractivity contribution in [2.24, 2.45) is 0 Å². The van der Waals surface area contributed by atoms with Gasteiger partial charge in [-0.25, -0.2) is 4.39 Å². The monoisotopic (exact) mass is 438 g/mol. The molecule has 4 nitrogen and oxygen atoms in total. The second kappa shape index (κ2) is 6.22. The van der Waals surface area contributed by atoms with Crippen LogP contribution in [0.4, 0.5) is 23.2 Å². The SMILES string of the molecule is O=[N+]([O-])c1cc(Br)cc2c1C(c1cc(F)ccc1Cl)NC2C(F)(F)F. The summed E-state index contributed by atoms with van der Waals surface area (Å²) in [6.07, 6.45) is -4.70. The van der Waals surface area contributed by atoms with Crippen LogP contribution in [0.2, 0.25) is 5.02 Å². The number of nitrogens with one attached hydrogen (secondary N) is 1. The van der Waals surface area contributed by atoms with Gasteiger partial charge in [0.25, 0.3) is 5.69 Å². The lowest BCUT2D eigenvalue weighted by atomic mass is 9.95. The Morgan fingerprint density at radius 2 is 1.88 bits per heavy atom. The average molecular weight is 440 g/mol. The number of fused-ring (bicyclic) bond motifs is 1. The minimum Gasteiger partial charge on any atom is -0.291 e. The van der Waals surface area contributed by atoms with Gasteiger partial charge in [0.2, 0.25) is 0 Å². The third kappa shape index (κ3) is 3.23. The van der Waals surface area contributed by atoms with Crippen LogP contribution in [0.1, 0.15) is 28.8 Å². The van der Waals surface area contributed by atoms with Crippen LogP contribution in [0.25, 0.3) is 0 Å². The molecule has 1 N–H and O–H groups in total. The number of nitrogens with zero attached hydrogens (tertiary/aromatic N) is 1. The standard InChI is InChI=1S/C15H8BrClF4N2O2/c16-6-3-9-12(11(4-6)23(24)25)13(22-14(9)15(19,20)21)8-5-7(18)1-2-10(8)17/h1-5,13-14,22H. The van der Waals surface area contributed by atoms with E-state index in [0.717, 1.165) is 18.2 Å². The van der Waals surface area contributed by atoms with E-state index in [-0.39, 0.29) is 26.2 Å². The van der Waals surface area contributed by atoms with Gasteiger partial charge < -0.3 is 0 Å². The number of rotatable bonds is 2. The number of benzene rings is 2. The molecule has 2 aromatic carbocycles. The quantitative estimate of drug-likeness (QED) is 0.385. The molecule has 0 spiro atoms. The number of halogens is 6. The van der Waals surface area contributed by atoms with Gasteiger partial charge in [0.1, 0.15) is 11.9 Å². The Hall–Kier alpha value is -1.71. The zero-order valence-electron chi connectivity index (χ0n) is 12.1. The lowest BCUT2D eigenvalue weighted by Gasteiger charge is -2.18. The molecule has 0 fully saturated rings. The van der Waals surface area contributed by atoms with Crippen LogP contribution in [-0.2, 0) is 0 Å². The maximum Gasteiger partial charge on any atom is 0.407 e. The number of alkyl halides is 3. The summed E-state index contributed by atoms with van der Waals surface area (Å²) in [5.41, 5.74) is -0.976. The van der Waals surface area contributed by atoms with Gasteiger partial charge in [0, 0.05) is 15.6 Å². The third-order valence-corrected chi connectivity index (χ3v) is 4.68. The predicted molar refractivity (Wildman–Crippen MR) is 86.0 cm³/mol. The number of nitro benzene ring substituents is 1.